The molecule has 0 saturated carbocycles. The first-order valence-electron chi connectivity index (χ1n) is 3.41. The lowest BCUT2D eigenvalue weighted by Crippen LogP contribution is -2.38. The molecule has 0 radical (unpaired) electrons. The van der Waals surface area contributed by atoms with E-state index in [-0.39, 0.29) is 25.6 Å². The van der Waals surface area contributed by atoms with Gasteiger partial charge in [-0.05, 0) is 7.05 Å². The first kappa shape index (κ1) is 10.3. The fraction of sp³-hybridized carbons (Fsp3) is 0.833. The first-order valence-corrected chi connectivity index (χ1v) is 3.41. The molecule has 0 spiro atoms. The molecule has 0 aliphatic carbocycles. The van der Waals surface area contributed by atoms with Crippen molar-refractivity contribution in [2.45, 2.75) is 6.10 Å². The molecule has 4 N–H and O–H groups in total. The highest BCUT2D eigenvalue weighted by Crippen LogP contribution is 1.75. The van der Waals surface area contributed by atoms with Gasteiger partial charge in [-0.3, -0.25) is 4.79 Å². The zero-order valence-electron chi connectivity index (χ0n) is 6.50. The highest BCUT2D eigenvalue weighted by atomic mass is 16.3. The summed E-state index contributed by atoms with van der Waals surface area (Å²) >= 11 is 0. The molecule has 0 rings (SSSR count). The van der Waals surface area contributed by atoms with Crippen LogP contribution in [0.25, 0.3) is 0 Å². The molecule has 0 fully saturated rings. The molecule has 0 aliphatic heterocycles. The van der Waals surface area contributed by atoms with Crippen LogP contribution in [0.2, 0.25) is 0 Å². The molecule has 0 aliphatic rings. The van der Waals surface area contributed by atoms with E-state index >= 15 is 0 Å². The number of amides is 1. The predicted molar refractivity (Wildman–Crippen MR) is 40.0 cm³/mol. The average Bonchev–Trinajstić information content (AvgIpc) is 2.01. The lowest BCUT2D eigenvalue weighted by Gasteiger charge is -2.07. The van der Waals surface area contributed by atoms with Crippen molar-refractivity contribution in [3.63, 3.8) is 0 Å². The summed E-state index contributed by atoms with van der Waals surface area (Å²) in [5.74, 6) is -0.194. The average molecular weight is 162 g/mol. The zero-order valence-corrected chi connectivity index (χ0v) is 6.50. The number of nitrogens with one attached hydrogen (secondary N) is 2. The minimum atomic E-state index is -0.865. The van der Waals surface area contributed by atoms with Gasteiger partial charge in [0.25, 0.3) is 0 Å². The van der Waals surface area contributed by atoms with E-state index in [9.17, 15) is 4.79 Å². The summed E-state index contributed by atoms with van der Waals surface area (Å²) in [4.78, 5) is 10.7. The smallest absolute Gasteiger partial charge is 0.234 e. The van der Waals surface area contributed by atoms with Crippen LogP contribution in [0.3, 0.4) is 0 Å². The molecule has 0 aromatic carbocycles. The fourth-order valence-corrected chi connectivity index (χ4v) is 0.519. The number of hydrogen-bond acceptors (Lipinski definition) is 4. The van der Waals surface area contributed by atoms with Crippen LogP contribution in [0, 0.1) is 0 Å². The maximum atomic E-state index is 10.7. The summed E-state index contributed by atoms with van der Waals surface area (Å²) in [5.41, 5.74) is 0. The maximum absolute atomic E-state index is 10.7. The van der Waals surface area contributed by atoms with Gasteiger partial charge < -0.3 is 20.8 Å². The standard InChI is InChI=1S/C6H14N2O3/c1-7-3-6(11)8-2-5(10)4-9/h5,7,9-10H,2-4H2,1H3,(H,8,11). The van der Waals surface area contributed by atoms with Crippen LogP contribution in [0.5, 0.6) is 0 Å². The Bertz CT molecular complexity index is 118. The van der Waals surface area contributed by atoms with E-state index in [2.05, 4.69) is 10.6 Å². The Labute approximate surface area is 65.4 Å². The molecule has 1 amide bonds. The minimum Gasteiger partial charge on any atom is -0.394 e. The van der Waals surface area contributed by atoms with Crippen LogP contribution in [-0.4, -0.2) is 49.0 Å². The SMILES string of the molecule is CNCC(=O)NCC(O)CO. The summed E-state index contributed by atoms with van der Waals surface area (Å²) in [6, 6.07) is 0. The zero-order chi connectivity index (χ0) is 8.69. The molecule has 5 nitrogen and oxygen atoms in total. The van der Waals surface area contributed by atoms with Gasteiger partial charge in [0, 0.05) is 6.54 Å². The quantitative estimate of drug-likeness (QED) is 0.365. The van der Waals surface area contributed by atoms with Crippen molar-refractivity contribution >= 4 is 5.91 Å². The van der Waals surface area contributed by atoms with Gasteiger partial charge in [0.2, 0.25) is 5.91 Å². The van der Waals surface area contributed by atoms with Crippen LogP contribution in [0.15, 0.2) is 0 Å². The van der Waals surface area contributed by atoms with Crippen LogP contribution in [0.1, 0.15) is 0 Å². The van der Waals surface area contributed by atoms with Crippen molar-refractivity contribution in [3.8, 4) is 0 Å². The van der Waals surface area contributed by atoms with Gasteiger partial charge in [0.1, 0.15) is 0 Å². The molecular weight excluding hydrogens is 148 g/mol. The first-order chi connectivity index (χ1) is 5.20. The lowest BCUT2D eigenvalue weighted by molar-refractivity contribution is -0.120. The third kappa shape index (κ3) is 5.78. The third-order valence-corrected chi connectivity index (χ3v) is 1.08. The second kappa shape index (κ2) is 6.09. The monoisotopic (exact) mass is 162 g/mol. The van der Waals surface area contributed by atoms with E-state index in [1.807, 2.05) is 0 Å². The van der Waals surface area contributed by atoms with Crippen molar-refractivity contribution in [3.05, 3.63) is 0 Å². The van der Waals surface area contributed by atoms with Gasteiger partial charge in [-0.15, -0.1) is 0 Å². The number of aliphatic hydroxyl groups is 2. The third-order valence-electron chi connectivity index (χ3n) is 1.08. The van der Waals surface area contributed by atoms with Crippen LogP contribution >= 0.6 is 0 Å². The maximum Gasteiger partial charge on any atom is 0.234 e. The largest absolute Gasteiger partial charge is 0.394 e. The second-order valence-corrected chi connectivity index (χ2v) is 2.17. The molecule has 5 heteroatoms. The lowest BCUT2D eigenvalue weighted by atomic mass is 10.4. The van der Waals surface area contributed by atoms with Crippen molar-refractivity contribution < 1.29 is 15.0 Å². The Hall–Kier alpha value is -0.650. The Morgan fingerprint density at radius 3 is 2.73 bits per heavy atom. The Morgan fingerprint density at radius 2 is 2.27 bits per heavy atom. The van der Waals surface area contributed by atoms with Crippen molar-refractivity contribution in [1.29, 1.82) is 0 Å². The van der Waals surface area contributed by atoms with Gasteiger partial charge >= 0.3 is 0 Å². The Kier molecular flexibility index (Phi) is 5.73. The van der Waals surface area contributed by atoms with Crippen LogP contribution < -0.4 is 10.6 Å². The van der Waals surface area contributed by atoms with E-state index in [0.29, 0.717) is 0 Å². The van der Waals surface area contributed by atoms with Gasteiger partial charge in [-0.25, -0.2) is 0 Å². The van der Waals surface area contributed by atoms with Crippen molar-refractivity contribution in [1.82, 2.24) is 10.6 Å². The molecule has 0 saturated heterocycles. The molecule has 66 valence electrons. The Morgan fingerprint density at radius 1 is 1.64 bits per heavy atom. The molecule has 0 aromatic heterocycles. The normalized spacial score (nSPS) is 12.6. The molecule has 0 heterocycles. The molecule has 0 bridgehead atoms. The Balaban J connectivity index is 3.30. The van der Waals surface area contributed by atoms with Gasteiger partial charge in [0.05, 0.1) is 19.3 Å². The van der Waals surface area contributed by atoms with Gasteiger partial charge in [-0.2, -0.15) is 0 Å². The number of carbonyl (C=O) groups excluding carboxylic acids is 1. The van der Waals surface area contributed by atoms with Crippen LogP contribution in [0.4, 0.5) is 0 Å². The molecule has 1 unspecified atom stereocenters. The fourth-order valence-electron chi connectivity index (χ4n) is 0.519. The van der Waals surface area contributed by atoms with E-state index < -0.39 is 6.10 Å². The van der Waals surface area contributed by atoms with Crippen molar-refractivity contribution in [2.75, 3.05) is 26.7 Å². The summed E-state index contributed by atoms with van der Waals surface area (Å²) in [5, 5.41) is 22.2. The highest BCUT2D eigenvalue weighted by molar-refractivity contribution is 5.77. The van der Waals surface area contributed by atoms with E-state index in [1.54, 1.807) is 7.05 Å². The summed E-state index contributed by atoms with van der Waals surface area (Å²) in [6.45, 7) is -0.0189. The summed E-state index contributed by atoms with van der Waals surface area (Å²) < 4.78 is 0. The highest BCUT2D eigenvalue weighted by Gasteiger charge is 2.03. The van der Waals surface area contributed by atoms with Gasteiger partial charge in [0.15, 0.2) is 0 Å². The minimum absolute atomic E-state index is 0.0943. The van der Waals surface area contributed by atoms with E-state index in [4.69, 9.17) is 10.2 Å². The second-order valence-electron chi connectivity index (χ2n) is 2.17. The molecule has 11 heavy (non-hydrogen) atoms. The van der Waals surface area contributed by atoms with Crippen molar-refractivity contribution in [2.24, 2.45) is 0 Å². The number of aliphatic hydroxyl groups excluding tert-OH is 2. The molecule has 1 atom stereocenters. The number of rotatable bonds is 5. The van der Waals surface area contributed by atoms with Crippen LogP contribution in [-0.2, 0) is 4.79 Å². The summed E-state index contributed by atoms with van der Waals surface area (Å²) in [7, 11) is 1.65. The topological polar surface area (TPSA) is 81.6 Å². The predicted octanol–water partition coefficient (Wildman–Crippen LogP) is -2.32. The van der Waals surface area contributed by atoms with E-state index in [1.165, 1.54) is 0 Å². The number of carbonyl (C=O) groups is 1. The van der Waals surface area contributed by atoms with E-state index in [0.717, 1.165) is 0 Å². The summed E-state index contributed by atoms with van der Waals surface area (Å²) in [6.07, 6.45) is -0.865. The molecule has 0 aromatic rings. The van der Waals surface area contributed by atoms with Gasteiger partial charge in [-0.1, -0.05) is 0 Å². The number of hydrogen-bond donors (Lipinski definition) is 4. The molecular formula is C6H14N2O3. The number of likely N-dealkylation sites (N-methyl/N-ethyl adjacent to an activating group) is 1.